The fourth-order valence-corrected chi connectivity index (χ4v) is 4.28. The monoisotopic (exact) mass is 516 g/mol. The summed E-state index contributed by atoms with van der Waals surface area (Å²) in [4.78, 5) is 12.6. The van der Waals surface area contributed by atoms with E-state index in [1.54, 1.807) is 12.1 Å². The van der Waals surface area contributed by atoms with Crippen molar-refractivity contribution >= 4 is 5.97 Å². The molecule has 3 aromatic rings. The van der Waals surface area contributed by atoms with E-state index in [0.717, 1.165) is 42.1 Å². The van der Waals surface area contributed by atoms with Crippen LogP contribution in [-0.2, 0) is 0 Å². The normalized spacial score (nSPS) is 10.8. The molecular formula is C34H44O4. The predicted octanol–water partition coefficient (Wildman–Crippen LogP) is 9.66. The third kappa shape index (κ3) is 10.6. The number of benzene rings is 3. The summed E-state index contributed by atoms with van der Waals surface area (Å²) >= 11 is 0. The molecule has 0 fully saturated rings. The molecule has 0 heterocycles. The molecular weight excluding hydrogens is 472 g/mol. The van der Waals surface area contributed by atoms with E-state index >= 15 is 0 Å². The van der Waals surface area contributed by atoms with Crippen LogP contribution in [0.1, 0.15) is 94.8 Å². The SMILES string of the molecule is CCCCCCCCOc1ccc(-c2ccc(OC(=O)c3ccc(OCCCCCCC)cc3)cc2)cc1. The Morgan fingerprint density at radius 3 is 1.37 bits per heavy atom. The van der Waals surface area contributed by atoms with E-state index in [4.69, 9.17) is 14.2 Å². The van der Waals surface area contributed by atoms with Crippen molar-refractivity contribution in [2.24, 2.45) is 0 Å². The van der Waals surface area contributed by atoms with Crippen LogP contribution in [0.3, 0.4) is 0 Å². The fourth-order valence-electron chi connectivity index (χ4n) is 4.28. The van der Waals surface area contributed by atoms with E-state index < -0.39 is 0 Å². The topological polar surface area (TPSA) is 44.8 Å². The molecule has 4 heteroatoms. The molecule has 3 aromatic carbocycles. The van der Waals surface area contributed by atoms with Gasteiger partial charge in [0.15, 0.2) is 0 Å². The highest BCUT2D eigenvalue weighted by atomic mass is 16.5. The van der Waals surface area contributed by atoms with Crippen molar-refractivity contribution in [3.05, 3.63) is 78.4 Å². The molecule has 4 nitrogen and oxygen atoms in total. The molecule has 204 valence electrons. The Balaban J connectivity index is 1.41. The molecule has 0 aliphatic carbocycles. The van der Waals surface area contributed by atoms with Crippen molar-refractivity contribution < 1.29 is 19.0 Å². The van der Waals surface area contributed by atoms with Gasteiger partial charge in [0.2, 0.25) is 0 Å². The average molecular weight is 517 g/mol. The lowest BCUT2D eigenvalue weighted by molar-refractivity contribution is 0.0734. The zero-order chi connectivity index (χ0) is 26.8. The second-order valence-electron chi connectivity index (χ2n) is 9.84. The highest BCUT2D eigenvalue weighted by molar-refractivity contribution is 5.91. The van der Waals surface area contributed by atoms with Crippen LogP contribution in [0.15, 0.2) is 72.8 Å². The third-order valence-corrected chi connectivity index (χ3v) is 6.63. The molecule has 0 aliphatic heterocycles. The highest BCUT2D eigenvalue weighted by Gasteiger charge is 2.09. The fraction of sp³-hybridized carbons (Fsp3) is 0.441. The summed E-state index contributed by atoms with van der Waals surface area (Å²) in [6, 6.07) is 22.9. The van der Waals surface area contributed by atoms with Gasteiger partial charge in [-0.2, -0.15) is 0 Å². The van der Waals surface area contributed by atoms with Gasteiger partial charge in [0.25, 0.3) is 0 Å². The van der Waals surface area contributed by atoms with Crippen LogP contribution in [0.2, 0.25) is 0 Å². The van der Waals surface area contributed by atoms with Crippen molar-refractivity contribution in [3.8, 4) is 28.4 Å². The Labute approximate surface area is 229 Å². The van der Waals surface area contributed by atoms with Gasteiger partial charge in [0, 0.05) is 0 Å². The van der Waals surface area contributed by atoms with Gasteiger partial charge in [-0.25, -0.2) is 4.79 Å². The van der Waals surface area contributed by atoms with Gasteiger partial charge in [-0.05, 0) is 72.5 Å². The van der Waals surface area contributed by atoms with Crippen LogP contribution in [0, 0.1) is 0 Å². The summed E-state index contributed by atoms with van der Waals surface area (Å²) in [7, 11) is 0. The van der Waals surface area contributed by atoms with Gasteiger partial charge < -0.3 is 14.2 Å². The lowest BCUT2D eigenvalue weighted by Crippen LogP contribution is -2.08. The molecule has 0 saturated heterocycles. The van der Waals surface area contributed by atoms with Gasteiger partial charge >= 0.3 is 5.97 Å². The van der Waals surface area contributed by atoms with Crippen LogP contribution >= 0.6 is 0 Å². The van der Waals surface area contributed by atoms with Gasteiger partial charge in [0.05, 0.1) is 18.8 Å². The van der Waals surface area contributed by atoms with Gasteiger partial charge in [-0.3, -0.25) is 0 Å². The first-order valence-electron chi connectivity index (χ1n) is 14.5. The molecule has 0 radical (unpaired) electrons. The van der Waals surface area contributed by atoms with Gasteiger partial charge in [0.1, 0.15) is 17.2 Å². The molecule has 0 atom stereocenters. The maximum Gasteiger partial charge on any atom is 0.343 e. The molecule has 0 saturated carbocycles. The molecule has 0 aromatic heterocycles. The number of ether oxygens (including phenoxy) is 3. The van der Waals surface area contributed by atoms with E-state index in [1.807, 2.05) is 48.5 Å². The quantitative estimate of drug-likeness (QED) is 0.0959. The molecule has 0 aliphatic rings. The van der Waals surface area contributed by atoms with E-state index in [-0.39, 0.29) is 5.97 Å². The Bertz CT molecular complexity index is 1040. The number of hydrogen-bond acceptors (Lipinski definition) is 4. The maximum absolute atomic E-state index is 12.6. The minimum absolute atomic E-state index is 0.379. The van der Waals surface area contributed by atoms with E-state index in [0.29, 0.717) is 17.9 Å². The predicted molar refractivity (Wildman–Crippen MR) is 156 cm³/mol. The molecule has 0 amide bonds. The van der Waals surface area contributed by atoms with Crippen molar-refractivity contribution in [3.63, 3.8) is 0 Å². The first-order chi connectivity index (χ1) is 18.7. The number of unbranched alkanes of at least 4 members (excludes halogenated alkanes) is 9. The van der Waals surface area contributed by atoms with Crippen LogP contribution in [0.4, 0.5) is 0 Å². The molecule has 38 heavy (non-hydrogen) atoms. The van der Waals surface area contributed by atoms with Crippen LogP contribution in [-0.4, -0.2) is 19.2 Å². The lowest BCUT2D eigenvalue weighted by Gasteiger charge is -2.09. The largest absolute Gasteiger partial charge is 0.494 e. The van der Waals surface area contributed by atoms with E-state index in [9.17, 15) is 4.79 Å². The second-order valence-corrected chi connectivity index (χ2v) is 9.84. The number of carbonyl (C=O) groups excluding carboxylic acids is 1. The minimum Gasteiger partial charge on any atom is -0.494 e. The zero-order valence-electron chi connectivity index (χ0n) is 23.3. The molecule has 3 rings (SSSR count). The Morgan fingerprint density at radius 2 is 0.895 bits per heavy atom. The molecule has 0 spiro atoms. The van der Waals surface area contributed by atoms with E-state index in [2.05, 4.69) is 26.0 Å². The smallest absolute Gasteiger partial charge is 0.343 e. The first kappa shape index (κ1) is 29.3. The van der Waals surface area contributed by atoms with Crippen LogP contribution < -0.4 is 14.2 Å². The second kappa shape index (κ2) is 17.3. The number of esters is 1. The van der Waals surface area contributed by atoms with Gasteiger partial charge in [-0.15, -0.1) is 0 Å². The summed E-state index contributed by atoms with van der Waals surface area (Å²) in [6.07, 6.45) is 13.6. The standard InChI is InChI=1S/C34H44O4/c1-3-5-7-9-11-13-27-36-31-20-14-28(15-21-31)29-16-24-33(25-17-29)38-34(35)30-18-22-32(23-19-30)37-26-12-10-8-6-4-2/h14-25H,3-13,26-27H2,1-2H3. The number of hydrogen-bond donors (Lipinski definition) is 0. The van der Waals surface area contributed by atoms with Crippen LogP contribution in [0.5, 0.6) is 17.2 Å². The van der Waals surface area contributed by atoms with Crippen molar-refractivity contribution in [2.75, 3.05) is 13.2 Å². The molecule has 0 bridgehead atoms. The number of rotatable bonds is 18. The highest BCUT2D eigenvalue weighted by Crippen LogP contribution is 2.25. The summed E-state index contributed by atoms with van der Waals surface area (Å²) in [5.74, 6) is 1.82. The Hall–Kier alpha value is -3.27. The van der Waals surface area contributed by atoms with Crippen molar-refractivity contribution in [1.82, 2.24) is 0 Å². The number of carbonyl (C=O) groups is 1. The van der Waals surface area contributed by atoms with Crippen LogP contribution in [0.25, 0.3) is 11.1 Å². The zero-order valence-corrected chi connectivity index (χ0v) is 23.3. The third-order valence-electron chi connectivity index (χ3n) is 6.63. The molecule has 0 N–H and O–H groups in total. The summed E-state index contributed by atoms with van der Waals surface area (Å²) in [6.45, 7) is 5.92. The average Bonchev–Trinajstić information content (AvgIpc) is 2.95. The Kier molecular flexibility index (Phi) is 13.3. The summed E-state index contributed by atoms with van der Waals surface area (Å²) in [5.41, 5.74) is 2.65. The maximum atomic E-state index is 12.6. The summed E-state index contributed by atoms with van der Waals surface area (Å²) in [5, 5.41) is 0. The molecule has 0 unspecified atom stereocenters. The minimum atomic E-state index is -0.379. The Morgan fingerprint density at radius 1 is 0.500 bits per heavy atom. The van der Waals surface area contributed by atoms with Crippen molar-refractivity contribution in [2.45, 2.75) is 84.5 Å². The lowest BCUT2D eigenvalue weighted by atomic mass is 10.1. The van der Waals surface area contributed by atoms with Gasteiger partial charge in [-0.1, -0.05) is 95.9 Å². The van der Waals surface area contributed by atoms with E-state index in [1.165, 1.54) is 57.8 Å². The van der Waals surface area contributed by atoms with Crippen molar-refractivity contribution in [1.29, 1.82) is 0 Å². The first-order valence-corrected chi connectivity index (χ1v) is 14.5. The summed E-state index contributed by atoms with van der Waals surface area (Å²) < 4.78 is 17.2.